The van der Waals surface area contributed by atoms with Gasteiger partial charge in [-0.1, -0.05) is 38.1 Å². The summed E-state index contributed by atoms with van der Waals surface area (Å²) in [5, 5.41) is 30.1. The average molecular weight is 258 g/mol. The predicted molar refractivity (Wildman–Crippen MR) is 75.6 cm³/mol. The van der Waals surface area contributed by atoms with Gasteiger partial charge in [-0.05, 0) is 24.0 Å². The molecule has 19 heavy (non-hydrogen) atoms. The maximum absolute atomic E-state index is 10.3. The van der Waals surface area contributed by atoms with Crippen LogP contribution in [0, 0.1) is 0 Å². The smallest absolute Gasteiger partial charge is 0.134 e. The van der Waals surface area contributed by atoms with E-state index in [1.165, 1.54) is 6.07 Å². The van der Waals surface area contributed by atoms with Gasteiger partial charge in [-0.2, -0.15) is 0 Å². The Balaban J connectivity index is 2.75. The van der Waals surface area contributed by atoms with Gasteiger partial charge < -0.3 is 15.3 Å². The van der Waals surface area contributed by atoms with Crippen LogP contribution in [0.4, 0.5) is 0 Å². The molecule has 0 heterocycles. The van der Waals surface area contributed by atoms with Crippen molar-refractivity contribution in [3.63, 3.8) is 0 Å². The van der Waals surface area contributed by atoms with E-state index in [0.717, 1.165) is 17.5 Å². The predicted octanol–water partition coefficient (Wildman–Crippen LogP) is 3.60. The number of hydrogen-bond acceptors (Lipinski definition) is 3. The molecule has 0 aromatic heterocycles. The summed E-state index contributed by atoms with van der Waals surface area (Å²) in [6, 6.07) is 8.92. The van der Waals surface area contributed by atoms with Crippen molar-refractivity contribution in [2.24, 2.45) is 0 Å². The number of phenolic OH excluding ortho intramolecular Hbond substituents is 3. The van der Waals surface area contributed by atoms with Crippen molar-refractivity contribution in [1.82, 2.24) is 0 Å². The summed E-state index contributed by atoms with van der Waals surface area (Å²) in [4.78, 5) is 0. The van der Waals surface area contributed by atoms with E-state index in [4.69, 9.17) is 0 Å². The maximum atomic E-state index is 10.3. The van der Waals surface area contributed by atoms with Gasteiger partial charge >= 0.3 is 0 Å². The number of rotatable bonds is 3. The Kier molecular flexibility index (Phi) is 3.65. The van der Waals surface area contributed by atoms with Crippen molar-refractivity contribution in [3.8, 4) is 28.4 Å². The van der Waals surface area contributed by atoms with E-state index in [1.54, 1.807) is 0 Å². The summed E-state index contributed by atoms with van der Waals surface area (Å²) in [7, 11) is 0. The molecule has 0 aliphatic rings. The highest BCUT2D eigenvalue weighted by atomic mass is 16.3. The Morgan fingerprint density at radius 1 is 0.895 bits per heavy atom. The first-order valence-corrected chi connectivity index (χ1v) is 6.45. The molecule has 0 atom stereocenters. The van der Waals surface area contributed by atoms with Gasteiger partial charge in [0.2, 0.25) is 0 Å². The molecule has 0 amide bonds. The lowest BCUT2D eigenvalue weighted by Gasteiger charge is -2.15. The van der Waals surface area contributed by atoms with E-state index in [0.29, 0.717) is 17.5 Å². The SMILES string of the molecule is CCc1ccccc1-c1c(O)cc(O)c(CC)c1O. The highest BCUT2D eigenvalue weighted by Gasteiger charge is 2.19. The van der Waals surface area contributed by atoms with Gasteiger partial charge in [-0.3, -0.25) is 0 Å². The second-order valence-electron chi connectivity index (χ2n) is 4.48. The molecule has 0 radical (unpaired) electrons. The minimum absolute atomic E-state index is 0.0408. The normalized spacial score (nSPS) is 10.6. The van der Waals surface area contributed by atoms with E-state index >= 15 is 0 Å². The van der Waals surface area contributed by atoms with Gasteiger partial charge in [0.05, 0.1) is 5.56 Å². The Morgan fingerprint density at radius 3 is 2.21 bits per heavy atom. The fourth-order valence-electron chi connectivity index (χ4n) is 2.37. The van der Waals surface area contributed by atoms with Crippen molar-refractivity contribution in [3.05, 3.63) is 41.5 Å². The van der Waals surface area contributed by atoms with Crippen LogP contribution in [0.5, 0.6) is 17.2 Å². The molecule has 0 saturated heterocycles. The Morgan fingerprint density at radius 2 is 1.58 bits per heavy atom. The Hall–Kier alpha value is -2.16. The monoisotopic (exact) mass is 258 g/mol. The highest BCUT2D eigenvalue weighted by Crippen LogP contribution is 2.45. The van der Waals surface area contributed by atoms with Crippen LogP contribution >= 0.6 is 0 Å². The van der Waals surface area contributed by atoms with Crippen molar-refractivity contribution >= 4 is 0 Å². The largest absolute Gasteiger partial charge is 0.507 e. The zero-order valence-electron chi connectivity index (χ0n) is 11.1. The fourth-order valence-corrected chi connectivity index (χ4v) is 2.37. The van der Waals surface area contributed by atoms with Crippen LogP contribution in [0.25, 0.3) is 11.1 Å². The molecule has 100 valence electrons. The minimum Gasteiger partial charge on any atom is -0.507 e. The molecular weight excluding hydrogens is 240 g/mol. The Labute approximate surface area is 112 Å². The first kappa shape index (κ1) is 13.3. The number of aromatic hydroxyl groups is 3. The van der Waals surface area contributed by atoms with E-state index in [-0.39, 0.29) is 17.2 Å². The van der Waals surface area contributed by atoms with Crippen molar-refractivity contribution in [2.75, 3.05) is 0 Å². The quantitative estimate of drug-likeness (QED) is 0.788. The molecule has 3 nitrogen and oxygen atoms in total. The molecule has 2 aromatic rings. The van der Waals surface area contributed by atoms with E-state index in [9.17, 15) is 15.3 Å². The van der Waals surface area contributed by atoms with Gasteiger partial charge in [0.15, 0.2) is 0 Å². The highest BCUT2D eigenvalue weighted by molar-refractivity contribution is 5.81. The molecular formula is C16H18O3. The van der Waals surface area contributed by atoms with E-state index in [1.807, 2.05) is 38.1 Å². The van der Waals surface area contributed by atoms with E-state index < -0.39 is 0 Å². The zero-order valence-corrected chi connectivity index (χ0v) is 11.1. The summed E-state index contributed by atoms with van der Waals surface area (Å²) in [5.41, 5.74) is 2.70. The number of phenols is 3. The van der Waals surface area contributed by atoms with Crippen LogP contribution in [0.15, 0.2) is 30.3 Å². The lowest BCUT2D eigenvalue weighted by atomic mass is 9.94. The molecule has 0 aliphatic heterocycles. The van der Waals surface area contributed by atoms with Crippen LogP contribution in [-0.2, 0) is 12.8 Å². The van der Waals surface area contributed by atoms with Gasteiger partial charge in [0.25, 0.3) is 0 Å². The third kappa shape index (κ3) is 2.24. The first-order valence-electron chi connectivity index (χ1n) is 6.45. The van der Waals surface area contributed by atoms with E-state index in [2.05, 4.69) is 0 Å². The molecule has 0 spiro atoms. The topological polar surface area (TPSA) is 60.7 Å². The van der Waals surface area contributed by atoms with Crippen molar-refractivity contribution in [1.29, 1.82) is 0 Å². The van der Waals surface area contributed by atoms with Crippen molar-refractivity contribution in [2.45, 2.75) is 26.7 Å². The van der Waals surface area contributed by atoms with Crippen LogP contribution in [0.3, 0.4) is 0 Å². The van der Waals surface area contributed by atoms with Gasteiger partial charge in [-0.15, -0.1) is 0 Å². The molecule has 3 heteroatoms. The Bertz CT molecular complexity index is 603. The number of hydrogen-bond donors (Lipinski definition) is 3. The molecule has 3 N–H and O–H groups in total. The summed E-state index contributed by atoms with van der Waals surface area (Å²) in [6.45, 7) is 3.87. The molecule has 0 bridgehead atoms. The van der Waals surface area contributed by atoms with Crippen LogP contribution in [0.2, 0.25) is 0 Å². The minimum atomic E-state index is -0.104. The molecule has 0 saturated carbocycles. The summed E-state index contributed by atoms with van der Waals surface area (Å²) in [5.74, 6) is -0.218. The summed E-state index contributed by atoms with van der Waals surface area (Å²) >= 11 is 0. The van der Waals surface area contributed by atoms with Gasteiger partial charge in [0, 0.05) is 11.6 Å². The molecule has 0 fully saturated rings. The first-order chi connectivity index (χ1) is 9.10. The van der Waals surface area contributed by atoms with Crippen LogP contribution in [-0.4, -0.2) is 15.3 Å². The molecule has 0 unspecified atom stereocenters. The summed E-state index contributed by atoms with van der Waals surface area (Å²) < 4.78 is 0. The molecule has 2 rings (SSSR count). The van der Waals surface area contributed by atoms with Crippen molar-refractivity contribution < 1.29 is 15.3 Å². The third-order valence-corrected chi connectivity index (χ3v) is 3.38. The van der Waals surface area contributed by atoms with Gasteiger partial charge in [-0.25, -0.2) is 0 Å². The fraction of sp³-hybridized carbons (Fsp3) is 0.250. The maximum Gasteiger partial charge on any atom is 0.134 e. The van der Waals surface area contributed by atoms with Gasteiger partial charge in [0.1, 0.15) is 17.2 Å². The average Bonchev–Trinajstić information content (AvgIpc) is 2.39. The standard InChI is InChI=1S/C16H18O3/c1-3-10-7-5-6-8-12(10)15-14(18)9-13(17)11(4-2)16(15)19/h5-9,17-19H,3-4H2,1-2H3. The number of benzene rings is 2. The summed E-state index contributed by atoms with van der Waals surface area (Å²) in [6.07, 6.45) is 1.30. The third-order valence-electron chi connectivity index (χ3n) is 3.38. The number of aryl methyl sites for hydroxylation is 1. The lowest BCUT2D eigenvalue weighted by Crippen LogP contribution is -1.92. The van der Waals surface area contributed by atoms with Crippen LogP contribution < -0.4 is 0 Å². The second-order valence-corrected chi connectivity index (χ2v) is 4.48. The second kappa shape index (κ2) is 5.22. The molecule has 0 aliphatic carbocycles. The van der Waals surface area contributed by atoms with Crippen LogP contribution in [0.1, 0.15) is 25.0 Å². The lowest BCUT2D eigenvalue weighted by molar-refractivity contribution is 0.422. The zero-order chi connectivity index (χ0) is 14.0. The molecule has 2 aromatic carbocycles.